The van der Waals surface area contributed by atoms with E-state index < -0.39 is 0 Å². The standard InChI is InChI=1S/C16H17BrN2O2/c1-2-7-19-9-11(17)8-14(19)16(20)18-13-10-21-15-6-4-3-5-12(13)15/h3-6,8-9,13H,2,7,10H2,1H3,(H,18,20). The van der Waals surface area contributed by atoms with Crippen LogP contribution in [-0.2, 0) is 6.54 Å². The topological polar surface area (TPSA) is 43.3 Å². The molecule has 0 bridgehead atoms. The molecule has 0 radical (unpaired) electrons. The van der Waals surface area contributed by atoms with Crippen molar-refractivity contribution in [2.45, 2.75) is 25.9 Å². The Kier molecular flexibility index (Phi) is 4.01. The Morgan fingerprint density at radius 1 is 1.48 bits per heavy atom. The molecule has 110 valence electrons. The molecule has 1 aromatic heterocycles. The van der Waals surface area contributed by atoms with Crippen LogP contribution in [0.3, 0.4) is 0 Å². The number of hydrogen-bond acceptors (Lipinski definition) is 2. The minimum atomic E-state index is -0.0857. The number of carbonyl (C=O) groups excluding carboxylic acids is 1. The Balaban J connectivity index is 1.79. The summed E-state index contributed by atoms with van der Waals surface area (Å²) in [5.41, 5.74) is 1.71. The molecule has 2 aromatic rings. The summed E-state index contributed by atoms with van der Waals surface area (Å²) in [6.07, 6.45) is 2.92. The first-order chi connectivity index (χ1) is 10.2. The van der Waals surface area contributed by atoms with E-state index in [9.17, 15) is 4.79 Å². The van der Waals surface area contributed by atoms with Crippen LogP contribution in [0.4, 0.5) is 0 Å². The average molecular weight is 349 g/mol. The van der Waals surface area contributed by atoms with Gasteiger partial charge in [-0.05, 0) is 34.5 Å². The smallest absolute Gasteiger partial charge is 0.268 e. The Bertz CT molecular complexity index is 666. The molecule has 1 aliphatic rings. The molecule has 0 saturated heterocycles. The molecule has 1 aliphatic heterocycles. The van der Waals surface area contributed by atoms with Gasteiger partial charge in [-0.25, -0.2) is 0 Å². The number of carbonyl (C=O) groups is 1. The second-order valence-corrected chi connectivity index (χ2v) is 6.03. The zero-order chi connectivity index (χ0) is 14.8. The Hall–Kier alpha value is -1.75. The largest absolute Gasteiger partial charge is 0.491 e. The van der Waals surface area contributed by atoms with Crippen LogP contribution in [0.5, 0.6) is 5.75 Å². The molecule has 2 heterocycles. The Morgan fingerprint density at radius 2 is 2.29 bits per heavy atom. The van der Waals surface area contributed by atoms with Gasteiger partial charge in [0.1, 0.15) is 18.1 Å². The lowest BCUT2D eigenvalue weighted by Gasteiger charge is -2.13. The predicted octanol–water partition coefficient (Wildman–Crippen LogP) is 3.52. The number of amides is 1. The van der Waals surface area contributed by atoms with Crippen LogP contribution in [0.15, 0.2) is 41.0 Å². The molecule has 1 atom stereocenters. The fraction of sp³-hybridized carbons (Fsp3) is 0.312. The normalized spacial score (nSPS) is 16.4. The molecule has 1 N–H and O–H groups in total. The highest BCUT2D eigenvalue weighted by atomic mass is 79.9. The third-order valence-corrected chi connectivity index (χ3v) is 4.00. The number of aromatic nitrogens is 1. The molecular formula is C16H17BrN2O2. The Labute approximate surface area is 132 Å². The molecule has 1 aromatic carbocycles. The van der Waals surface area contributed by atoms with Crippen molar-refractivity contribution in [3.63, 3.8) is 0 Å². The molecule has 5 heteroatoms. The number of ether oxygens (including phenoxy) is 1. The van der Waals surface area contributed by atoms with Gasteiger partial charge in [-0.1, -0.05) is 25.1 Å². The highest BCUT2D eigenvalue weighted by Crippen LogP contribution is 2.31. The number of nitrogens with zero attached hydrogens (tertiary/aromatic N) is 1. The summed E-state index contributed by atoms with van der Waals surface area (Å²) in [6, 6.07) is 9.59. The molecule has 1 unspecified atom stereocenters. The molecule has 0 fully saturated rings. The zero-order valence-electron chi connectivity index (χ0n) is 11.8. The summed E-state index contributed by atoms with van der Waals surface area (Å²) in [5.74, 6) is 0.785. The van der Waals surface area contributed by atoms with E-state index in [0.29, 0.717) is 12.3 Å². The third-order valence-electron chi connectivity index (χ3n) is 3.57. The lowest BCUT2D eigenvalue weighted by molar-refractivity contribution is 0.0921. The van der Waals surface area contributed by atoms with E-state index >= 15 is 0 Å². The summed E-state index contributed by atoms with van der Waals surface area (Å²) >= 11 is 3.43. The van der Waals surface area contributed by atoms with Gasteiger partial charge < -0.3 is 14.6 Å². The van der Waals surface area contributed by atoms with Crippen LogP contribution in [0.25, 0.3) is 0 Å². The number of aryl methyl sites for hydroxylation is 1. The number of para-hydroxylation sites is 1. The zero-order valence-corrected chi connectivity index (χ0v) is 13.4. The molecule has 3 rings (SSSR count). The summed E-state index contributed by atoms with van der Waals surface area (Å²) in [5, 5.41) is 3.06. The van der Waals surface area contributed by atoms with Gasteiger partial charge in [-0.3, -0.25) is 4.79 Å². The van der Waals surface area contributed by atoms with E-state index in [1.807, 2.05) is 41.1 Å². The van der Waals surface area contributed by atoms with Crippen molar-refractivity contribution >= 4 is 21.8 Å². The summed E-state index contributed by atoms with van der Waals surface area (Å²) in [7, 11) is 0. The van der Waals surface area contributed by atoms with Gasteiger partial charge >= 0.3 is 0 Å². The van der Waals surface area contributed by atoms with Crippen molar-refractivity contribution in [1.82, 2.24) is 9.88 Å². The molecule has 0 aliphatic carbocycles. The van der Waals surface area contributed by atoms with E-state index in [2.05, 4.69) is 28.2 Å². The van der Waals surface area contributed by atoms with Gasteiger partial charge in [-0.15, -0.1) is 0 Å². The van der Waals surface area contributed by atoms with Crippen LogP contribution < -0.4 is 10.1 Å². The van der Waals surface area contributed by atoms with Crippen molar-refractivity contribution in [2.75, 3.05) is 6.61 Å². The van der Waals surface area contributed by atoms with E-state index in [0.717, 1.165) is 28.8 Å². The lowest BCUT2D eigenvalue weighted by Crippen LogP contribution is -2.31. The van der Waals surface area contributed by atoms with Crippen LogP contribution >= 0.6 is 15.9 Å². The minimum Gasteiger partial charge on any atom is -0.491 e. The maximum atomic E-state index is 12.5. The third kappa shape index (κ3) is 2.83. The highest BCUT2D eigenvalue weighted by molar-refractivity contribution is 9.10. The number of halogens is 1. The first kappa shape index (κ1) is 14.2. The molecular weight excluding hydrogens is 332 g/mol. The monoisotopic (exact) mass is 348 g/mol. The molecule has 21 heavy (non-hydrogen) atoms. The van der Waals surface area contributed by atoms with E-state index in [4.69, 9.17) is 4.74 Å². The molecule has 4 nitrogen and oxygen atoms in total. The Morgan fingerprint density at radius 3 is 3.10 bits per heavy atom. The van der Waals surface area contributed by atoms with Crippen molar-refractivity contribution in [2.24, 2.45) is 0 Å². The van der Waals surface area contributed by atoms with Crippen molar-refractivity contribution in [1.29, 1.82) is 0 Å². The maximum absolute atomic E-state index is 12.5. The minimum absolute atomic E-state index is 0.0700. The second-order valence-electron chi connectivity index (χ2n) is 5.11. The number of nitrogens with one attached hydrogen (secondary N) is 1. The van der Waals surface area contributed by atoms with Gasteiger partial charge in [0.25, 0.3) is 5.91 Å². The van der Waals surface area contributed by atoms with Crippen LogP contribution in [0.1, 0.15) is 35.4 Å². The first-order valence-electron chi connectivity index (χ1n) is 7.07. The number of hydrogen-bond donors (Lipinski definition) is 1. The molecule has 1 amide bonds. The second kappa shape index (κ2) is 5.93. The summed E-state index contributed by atoms with van der Waals surface area (Å²) in [6.45, 7) is 3.41. The average Bonchev–Trinajstić information content (AvgIpc) is 3.04. The van der Waals surface area contributed by atoms with E-state index in [1.165, 1.54) is 0 Å². The maximum Gasteiger partial charge on any atom is 0.268 e. The predicted molar refractivity (Wildman–Crippen MR) is 84.6 cm³/mol. The van der Waals surface area contributed by atoms with E-state index in [-0.39, 0.29) is 11.9 Å². The fourth-order valence-electron chi connectivity index (χ4n) is 2.61. The van der Waals surface area contributed by atoms with Gasteiger partial charge in [0.15, 0.2) is 0 Å². The van der Waals surface area contributed by atoms with Gasteiger partial charge in [0.05, 0.1) is 6.04 Å². The van der Waals surface area contributed by atoms with Crippen LogP contribution in [0.2, 0.25) is 0 Å². The summed E-state index contributed by atoms with van der Waals surface area (Å²) in [4.78, 5) is 12.5. The van der Waals surface area contributed by atoms with E-state index in [1.54, 1.807) is 0 Å². The number of rotatable bonds is 4. The van der Waals surface area contributed by atoms with Crippen LogP contribution in [0, 0.1) is 0 Å². The molecule has 0 spiro atoms. The summed E-state index contributed by atoms with van der Waals surface area (Å²) < 4.78 is 8.49. The highest BCUT2D eigenvalue weighted by Gasteiger charge is 2.26. The first-order valence-corrected chi connectivity index (χ1v) is 7.86. The lowest BCUT2D eigenvalue weighted by atomic mass is 10.1. The quantitative estimate of drug-likeness (QED) is 0.918. The number of fused-ring (bicyclic) bond motifs is 1. The van der Waals surface area contributed by atoms with Gasteiger partial charge in [0, 0.05) is 22.8 Å². The van der Waals surface area contributed by atoms with Crippen molar-refractivity contribution < 1.29 is 9.53 Å². The molecule has 0 saturated carbocycles. The van der Waals surface area contributed by atoms with Gasteiger partial charge in [-0.2, -0.15) is 0 Å². The fourth-order valence-corrected chi connectivity index (χ4v) is 3.07. The van der Waals surface area contributed by atoms with Gasteiger partial charge in [0.2, 0.25) is 0 Å². The SMILES string of the molecule is CCCn1cc(Br)cc1C(=O)NC1COc2ccccc21. The number of benzene rings is 1. The van der Waals surface area contributed by atoms with Crippen molar-refractivity contribution in [3.05, 3.63) is 52.3 Å². The van der Waals surface area contributed by atoms with Crippen LogP contribution in [-0.4, -0.2) is 17.1 Å². The van der Waals surface area contributed by atoms with Crippen molar-refractivity contribution in [3.8, 4) is 5.75 Å².